The van der Waals surface area contributed by atoms with Gasteiger partial charge in [-0.05, 0) is 50.3 Å². The summed E-state index contributed by atoms with van der Waals surface area (Å²) < 4.78 is 7.51. The third-order valence-electron chi connectivity index (χ3n) is 4.90. The van der Waals surface area contributed by atoms with Gasteiger partial charge in [-0.2, -0.15) is 0 Å². The third-order valence-corrected chi connectivity index (χ3v) is 5.76. The van der Waals surface area contributed by atoms with E-state index in [0.29, 0.717) is 12.1 Å². The Morgan fingerprint density at radius 2 is 1.90 bits per heavy atom. The van der Waals surface area contributed by atoms with Crippen LogP contribution in [0.5, 0.6) is 0 Å². The molecule has 6 heteroatoms. The average Bonchev–Trinajstić information content (AvgIpc) is 3.32. The Kier molecular flexibility index (Phi) is 6.88. The van der Waals surface area contributed by atoms with E-state index >= 15 is 0 Å². The molecule has 152 valence electrons. The van der Waals surface area contributed by atoms with Crippen molar-refractivity contribution in [2.45, 2.75) is 39.8 Å². The molecule has 2 heterocycles. The number of carbonyl (C=O) groups is 2. The third kappa shape index (κ3) is 5.35. The molecule has 1 aromatic carbocycles. The topological polar surface area (TPSA) is 60.3 Å². The smallest absolute Gasteiger partial charge is 0.340 e. The van der Waals surface area contributed by atoms with Crippen LogP contribution >= 0.6 is 11.3 Å². The lowest BCUT2D eigenvalue weighted by Gasteiger charge is -2.14. The molecule has 2 aromatic heterocycles. The Balaban J connectivity index is 1.55. The molecule has 0 fully saturated rings. The molecule has 29 heavy (non-hydrogen) atoms. The Labute approximate surface area is 175 Å². The summed E-state index contributed by atoms with van der Waals surface area (Å²) >= 11 is 1.68. The SMILES string of the molecule is Cc1cc(C(=O)O[C@@H](C)C(=O)NCCc2ccccc2)c(C)n1Cc1cccs1. The number of hydrogen-bond donors (Lipinski definition) is 1. The highest BCUT2D eigenvalue weighted by molar-refractivity contribution is 7.09. The van der Waals surface area contributed by atoms with E-state index in [1.54, 1.807) is 18.3 Å². The Morgan fingerprint density at radius 1 is 1.14 bits per heavy atom. The van der Waals surface area contributed by atoms with E-state index in [9.17, 15) is 9.59 Å². The molecule has 1 atom stereocenters. The zero-order valence-electron chi connectivity index (χ0n) is 17.0. The molecule has 0 aliphatic rings. The highest BCUT2D eigenvalue weighted by Crippen LogP contribution is 2.20. The van der Waals surface area contributed by atoms with Gasteiger partial charge in [0, 0.05) is 22.8 Å². The van der Waals surface area contributed by atoms with Gasteiger partial charge in [0.15, 0.2) is 6.10 Å². The number of nitrogens with one attached hydrogen (secondary N) is 1. The highest BCUT2D eigenvalue weighted by Gasteiger charge is 2.22. The van der Waals surface area contributed by atoms with Crippen LogP contribution < -0.4 is 5.32 Å². The number of thiophene rings is 1. The van der Waals surface area contributed by atoms with Crippen LogP contribution in [0.15, 0.2) is 53.9 Å². The van der Waals surface area contributed by atoms with E-state index in [1.807, 2.05) is 61.7 Å². The molecule has 3 aromatic rings. The maximum absolute atomic E-state index is 12.6. The van der Waals surface area contributed by atoms with Crippen LogP contribution in [0.25, 0.3) is 0 Å². The quantitative estimate of drug-likeness (QED) is 0.568. The molecule has 3 rings (SSSR count). The Hall–Kier alpha value is -2.86. The van der Waals surface area contributed by atoms with Gasteiger partial charge in [-0.1, -0.05) is 36.4 Å². The van der Waals surface area contributed by atoms with Crippen LogP contribution in [-0.4, -0.2) is 29.1 Å². The van der Waals surface area contributed by atoms with Crippen LogP contribution in [0.4, 0.5) is 0 Å². The molecular weight excluding hydrogens is 384 g/mol. The van der Waals surface area contributed by atoms with Gasteiger partial charge in [-0.25, -0.2) is 4.79 Å². The van der Waals surface area contributed by atoms with Gasteiger partial charge in [0.2, 0.25) is 0 Å². The molecule has 1 amide bonds. The predicted octanol–water partition coefficient (Wildman–Crippen LogP) is 4.12. The minimum atomic E-state index is -0.848. The van der Waals surface area contributed by atoms with Crippen LogP contribution in [0.2, 0.25) is 0 Å². The van der Waals surface area contributed by atoms with Crippen LogP contribution in [0.3, 0.4) is 0 Å². The van der Waals surface area contributed by atoms with Crippen molar-refractivity contribution in [3.63, 3.8) is 0 Å². The van der Waals surface area contributed by atoms with Crippen LogP contribution in [-0.2, 0) is 22.5 Å². The van der Waals surface area contributed by atoms with Crippen LogP contribution in [0.1, 0.15) is 39.1 Å². The second kappa shape index (κ2) is 9.56. The summed E-state index contributed by atoms with van der Waals surface area (Å²) in [7, 11) is 0. The summed E-state index contributed by atoms with van der Waals surface area (Å²) in [6, 6.07) is 15.8. The van der Waals surface area contributed by atoms with Gasteiger partial charge in [0.05, 0.1) is 12.1 Å². The van der Waals surface area contributed by atoms with Gasteiger partial charge in [0.1, 0.15) is 0 Å². The van der Waals surface area contributed by atoms with Gasteiger partial charge >= 0.3 is 5.97 Å². The van der Waals surface area contributed by atoms with Crippen molar-refractivity contribution < 1.29 is 14.3 Å². The average molecular weight is 411 g/mol. The number of rotatable bonds is 8. The number of benzene rings is 1. The van der Waals surface area contributed by atoms with E-state index < -0.39 is 12.1 Å². The van der Waals surface area contributed by atoms with Crippen LogP contribution in [0, 0.1) is 13.8 Å². The fraction of sp³-hybridized carbons (Fsp3) is 0.304. The fourth-order valence-electron chi connectivity index (χ4n) is 3.21. The molecule has 0 saturated heterocycles. The van der Waals surface area contributed by atoms with Crippen molar-refractivity contribution in [1.82, 2.24) is 9.88 Å². The summed E-state index contributed by atoms with van der Waals surface area (Å²) in [5.74, 6) is -0.761. The first-order valence-electron chi connectivity index (χ1n) is 9.67. The number of aromatic nitrogens is 1. The zero-order chi connectivity index (χ0) is 20.8. The maximum Gasteiger partial charge on any atom is 0.340 e. The Bertz CT molecular complexity index is 962. The first-order valence-corrected chi connectivity index (χ1v) is 10.6. The number of hydrogen-bond acceptors (Lipinski definition) is 4. The standard InChI is InChI=1S/C23H26N2O3S/c1-16-14-21(17(2)25(16)15-20-10-7-13-29-20)23(27)28-18(3)22(26)24-12-11-19-8-5-4-6-9-19/h4-10,13-14,18H,11-12,15H2,1-3H3,(H,24,26)/t18-/m0/s1. The van der Waals surface area contributed by atoms with Crippen molar-refractivity contribution in [2.24, 2.45) is 0 Å². The first-order chi connectivity index (χ1) is 14.0. The molecule has 5 nitrogen and oxygen atoms in total. The molecule has 0 unspecified atom stereocenters. The summed E-state index contributed by atoms with van der Waals surface area (Å²) in [4.78, 5) is 26.1. The first kappa shape index (κ1) is 20.9. The number of carbonyl (C=O) groups excluding carboxylic acids is 2. The second-order valence-electron chi connectivity index (χ2n) is 7.02. The predicted molar refractivity (Wildman–Crippen MR) is 115 cm³/mol. The lowest BCUT2D eigenvalue weighted by atomic mass is 10.1. The summed E-state index contributed by atoms with van der Waals surface area (Å²) in [5, 5.41) is 4.87. The molecule has 0 saturated carbocycles. The largest absolute Gasteiger partial charge is 0.449 e. The van der Waals surface area contributed by atoms with Crippen molar-refractivity contribution in [1.29, 1.82) is 0 Å². The molecule has 0 radical (unpaired) electrons. The van der Waals surface area contributed by atoms with Crippen molar-refractivity contribution in [3.8, 4) is 0 Å². The molecular formula is C23H26N2O3S. The van der Waals surface area contributed by atoms with E-state index in [4.69, 9.17) is 4.74 Å². The number of esters is 1. The van der Waals surface area contributed by atoms with Crippen molar-refractivity contribution in [2.75, 3.05) is 6.54 Å². The van der Waals surface area contributed by atoms with Gasteiger partial charge in [0.25, 0.3) is 5.91 Å². The Morgan fingerprint density at radius 3 is 2.59 bits per heavy atom. The maximum atomic E-state index is 12.6. The monoisotopic (exact) mass is 410 g/mol. The number of ether oxygens (including phenoxy) is 1. The molecule has 0 aliphatic carbocycles. The van der Waals surface area contributed by atoms with E-state index in [0.717, 1.165) is 29.9 Å². The minimum Gasteiger partial charge on any atom is -0.449 e. The number of amides is 1. The van der Waals surface area contributed by atoms with Crippen molar-refractivity contribution in [3.05, 3.63) is 81.3 Å². The summed E-state index contributed by atoms with van der Waals surface area (Å²) in [6.45, 7) is 6.69. The van der Waals surface area contributed by atoms with E-state index in [1.165, 1.54) is 4.88 Å². The normalized spacial score (nSPS) is 11.8. The molecule has 0 aliphatic heterocycles. The highest BCUT2D eigenvalue weighted by atomic mass is 32.1. The van der Waals surface area contributed by atoms with E-state index in [2.05, 4.69) is 16.0 Å². The number of nitrogens with zero attached hydrogens (tertiary/aromatic N) is 1. The van der Waals surface area contributed by atoms with E-state index in [-0.39, 0.29) is 5.91 Å². The lowest BCUT2D eigenvalue weighted by Crippen LogP contribution is -2.37. The second-order valence-corrected chi connectivity index (χ2v) is 8.06. The summed E-state index contributed by atoms with van der Waals surface area (Å²) in [6.07, 6.45) is -0.115. The molecule has 1 N–H and O–H groups in total. The van der Waals surface area contributed by atoms with Gasteiger partial charge in [-0.3, -0.25) is 4.79 Å². The molecule has 0 bridgehead atoms. The minimum absolute atomic E-state index is 0.290. The fourth-order valence-corrected chi connectivity index (χ4v) is 3.90. The van der Waals surface area contributed by atoms with Gasteiger partial charge in [-0.15, -0.1) is 11.3 Å². The van der Waals surface area contributed by atoms with Crippen molar-refractivity contribution >= 4 is 23.2 Å². The zero-order valence-corrected chi connectivity index (χ0v) is 17.8. The molecule has 0 spiro atoms. The lowest BCUT2D eigenvalue weighted by molar-refractivity contribution is -0.129. The van der Waals surface area contributed by atoms with Gasteiger partial charge < -0.3 is 14.6 Å². The number of aryl methyl sites for hydroxylation is 1. The summed E-state index contributed by atoms with van der Waals surface area (Å²) in [5.41, 5.74) is 3.49.